The molecule has 1 aliphatic rings. The van der Waals surface area contributed by atoms with Gasteiger partial charge in [0, 0.05) is 13.0 Å². The van der Waals surface area contributed by atoms with Crippen molar-refractivity contribution < 1.29 is 4.43 Å². The van der Waals surface area contributed by atoms with Crippen LogP contribution in [0.15, 0.2) is 4.66 Å². The molecule has 34 valence electrons. The first kappa shape index (κ1) is 4.02. The predicted octanol–water partition coefficient (Wildman–Crippen LogP) is -0.524. The highest BCUT2D eigenvalue weighted by atomic mass is 28.2. The Morgan fingerprint density at radius 2 is 2.83 bits per heavy atom. The maximum atomic E-state index is 5.01. The van der Waals surface area contributed by atoms with E-state index in [1.165, 1.54) is 0 Å². The molecule has 2 nitrogen and oxygen atoms in total. The number of hydrogen-bond acceptors (Lipinski definition) is 2. The maximum Gasteiger partial charge on any atom is 0.286 e. The molecule has 0 N–H and O–H groups in total. The Morgan fingerprint density at radius 1 is 1.83 bits per heavy atom. The van der Waals surface area contributed by atoms with Gasteiger partial charge in [0.25, 0.3) is 9.92 Å². The molecule has 0 unspecified atom stereocenters. The van der Waals surface area contributed by atoms with Gasteiger partial charge in [-0.3, -0.25) is 0 Å². The molecular weight excluding hydrogens is 94.1 g/mol. The highest BCUT2D eigenvalue weighted by Crippen LogP contribution is 1.83. The molecule has 6 heavy (non-hydrogen) atoms. The minimum absolute atomic E-state index is 0.422. The first-order chi connectivity index (χ1) is 3.00. The lowest BCUT2D eigenvalue weighted by Gasteiger charge is -2.00. The van der Waals surface area contributed by atoms with E-state index in [0.717, 1.165) is 13.0 Å². The topological polar surface area (TPSA) is 21.6 Å². The van der Waals surface area contributed by atoms with Gasteiger partial charge in [-0.05, 0) is 6.21 Å². The third-order valence-corrected chi connectivity index (χ3v) is 1.56. The molecule has 0 bridgehead atoms. The highest BCUT2D eigenvalue weighted by Gasteiger charge is 1.87. The van der Waals surface area contributed by atoms with E-state index in [1.54, 1.807) is 0 Å². The number of nitrogens with zero attached hydrogens (tertiary/aromatic N) is 1. The van der Waals surface area contributed by atoms with Crippen molar-refractivity contribution in [3.05, 3.63) is 0 Å². The average Bonchev–Trinajstić information content (AvgIpc) is 1.72. The summed E-state index contributed by atoms with van der Waals surface area (Å²) in [5.41, 5.74) is 0. The first-order valence-corrected chi connectivity index (χ1v) is 3.27. The van der Waals surface area contributed by atoms with Gasteiger partial charge in [0.05, 0.1) is 0 Å². The third-order valence-electron chi connectivity index (χ3n) is 0.686. The Hall–Kier alpha value is -0.153. The van der Waals surface area contributed by atoms with Crippen LogP contribution in [0, 0.1) is 0 Å². The zero-order chi connectivity index (χ0) is 4.24. The van der Waals surface area contributed by atoms with Gasteiger partial charge in [-0.25, -0.2) is 0 Å². The SMILES string of the molecule is C1=N[SiH2]OCC1. The molecule has 0 fully saturated rings. The summed E-state index contributed by atoms with van der Waals surface area (Å²) >= 11 is 0. The second kappa shape index (κ2) is 2.10. The van der Waals surface area contributed by atoms with Crippen LogP contribution >= 0.6 is 0 Å². The van der Waals surface area contributed by atoms with Crippen LogP contribution in [0.3, 0.4) is 0 Å². The number of rotatable bonds is 0. The van der Waals surface area contributed by atoms with Crippen LogP contribution in [0.1, 0.15) is 6.42 Å². The van der Waals surface area contributed by atoms with E-state index in [-0.39, 0.29) is 0 Å². The zero-order valence-corrected chi connectivity index (χ0v) is 4.97. The van der Waals surface area contributed by atoms with Crippen LogP contribution in [0.4, 0.5) is 0 Å². The van der Waals surface area contributed by atoms with E-state index in [0.29, 0.717) is 0 Å². The molecule has 0 saturated heterocycles. The van der Waals surface area contributed by atoms with Gasteiger partial charge in [0.2, 0.25) is 0 Å². The van der Waals surface area contributed by atoms with Crippen LogP contribution < -0.4 is 0 Å². The van der Waals surface area contributed by atoms with Crippen molar-refractivity contribution in [2.45, 2.75) is 6.42 Å². The van der Waals surface area contributed by atoms with Crippen LogP contribution in [0.5, 0.6) is 0 Å². The van der Waals surface area contributed by atoms with Crippen LogP contribution in [-0.2, 0) is 4.43 Å². The quantitative estimate of drug-likeness (QED) is 0.376. The second-order valence-corrected chi connectivity index (χ2v) is 2.22. The van der Waals surface area contributed by atoms with Crippen molar-refractivity contribution in [3.8, 4) is 0 Å². The van der Waals surface area contributed by atoms with Gasteiger partial charge in [0.15, 0.2) is 0 Å². The Bertz CT molecular complexity index is 55.8. The highest BCUT2D eigenvalue weighted by molar-refractivity contribution is 6.27. The monoisotopic (exact) mass is 101 g/mol. The fourth-order valence-electron chi connectivity index (χ4n) is 0.397. The summed E-state index contributed by atoms with van der Waals surface area (Å²) in [6, 6.07) is 0. The number of hydrogen-bond donors (Lipinski definition) is 0. The third kappa shape index (κ3) is 0.912. The minimum Gasteiger partial charge on any atom is -0.402 e. The molecule has 0 aromatic rings. The molecule has 1 aliphatic heterocycles. The molecule has 3 heteroatoms. The maximum absolute atomic E-state index is 5.01. The lowest BCUT2D eigenvalue weighted by Crippen LogP contribution is -2.04. The van der Waals surface area contributed by atoms with Gasteiger partial charge in [-0.15, -0.1) is 0 Å². The summed E-state index contributed by atoms with van der Waals surface area (Å²) in [4.78, 5) is 0. The molecule has 0 aromatic carbocycles. The van der Waals surface area contributed by atoms with Gasteiger partial charge in [-0.2, -0.15) is 0 Å². The molecular formula is C3H7NOSi. The largest absolute Gasteiger partial charge is 0.402 e. The standard InChI is InChI=1S/C3H7NOSi/c1-2-4-6-5-3-1/h2H,1,3,6H2. The lowest BCUT2D eigenvalue weighted by atomic mass is 10.5. The molecule has 0 aromatic heterocycles. The van der Waals surface area contributed by atoms with Crippen LogP contribution in [-0.4, -0.2) is 22.7 Å². The molecule has 0 radical (unpaired) electrons. The lowest BCUT2D eigenvalue weighted by molar-refractivity contribution is 0.344. The molecule has 0 atom stereocenters. The van der Waals surface area contributed by atoms with Gasteiger partial charge < -0.3 is 9.08 Å². The Balaban J connectivity index is 2.26. The summed E-state index contributed by atoms with van der Waals surface area (Å²) in [7, 11) is -0.422. The summed E-state index contributed by atoms with van der Waals surface area (Å²) in [6.07, 6.45) is 2.97. The van der Waals surface area contributed by atoms with E-state index in [2.05, 4.69) is 4.66 Å². The Kier molecular flexibility index (Phi) is 1.41. The Morgan fingerprint density at radius 3 is 3.00 bits per heavy atom. The molecule has 0 aliphatic carbocycles. The van der Waals surface area contributed by atoms with Crippen molar-refractivity contribution in [2.75, 3.05) is 6.61 Å². The van der Waals surface area contributed by atoms with E-state index < -0.39 is 9.92 Å². The summed E-state index contributed by atoms with van der Waals surface area (Å²) in [6.45, 7) is 0.912. The van der Waals surface area contributed by atoms with Crippen molar-refractivity contribution in [2.24, 2.45) is 4.66 Å². The minimum atomic E-state index is -0.422. The first-order valence-electron chi connectivity index (χ1n) is 2.06. The smallest absolute Gasteiger partial charge is 0.286 e. The second-order valence-electron chi connectivity index (χ2n) is 1.19. The van der Waals surface area contributed by atoms with E-state index in [9.17, 15) is 0 Å². The Labute approximate surface area is 39.2 Å². The molecule has 1 heterocycles. The summed E-state index contributed by atoms with van der Waals surface area (Å²) < 4.78 is 8.98. The fourth-order valence-corrected chi connectivity index (χ4v) is 1.09. The average molecular weight is 101 g/mol. The molecule has 0 amide bonds. The summed E-state index contributed by atoms with van der Waals surface area (Å²) in [5, 5.41) is 0. The zero-order valence-electron chi connectivity index (χ0n) is 3.55. The summed E-state index contributed by atoms with van der Waals surface area (Å²) in [5.74, 6) is 0. The van der Waals surface area contributed by atoms with Crippen molar-refractivity contribution in [1.82, 2.24) is 0 Å². The van der Waals surface area contributed by atoms with Crippen molar-refractivity contribution in [3.63, 3.8) is 0 Å². The molecule has 0 spiro atoms. The molecule has 0 saturated carbocycles. The van der Waals surface area contributed by atoms with E-state index in [4.69, 9.17) is 4.43 Å². The normalized spacial score (nSPS) is 25.3. The van der Waals surface area contributed by atoms with Gasteiger partial charge >= 0.3 is 0 Å². The van der Waals surface area contributed by atoms with E-state index in [1.807, 2.05) is 6.21 Å². The van der Waals surface area contributed by atoms with Crippen LogP contribution in [0.2, 0.25) is 0 Å². The van der Waals surface area contributed by atoms with Gasteiger partial charge in [0.1, 0.15) is 0 Å². The van der Waals surface area contributed by atoms with Crippen LogP contribution in [0.25, 0.3) is 0 Å². The van der Waals surface area contributed by atoms with Gasteiger partial charge in [-0.1, -0.05) is 0 Å². The fraction of sp³-hybridized carbons (Fsp3) is 0.667. The molecule has 1 rings (SSSR count). The van der Waals surface area contributed by atoms with Crippen molar-refractivity contribution in [1.29, 1.82) is 0 Å². The van der Waals surface area contributed by atoms with E-state index >= 15 is 0 Å². The van der Waals surface area contributed by atoms with Crippen molar-refractivity contribution >= 4 is 16.1 Å². The predicted molar refractivity (Wildman–Crippen MR) is 27.6 cm³/mol.